The van der Waals surface area contributed by atoms with E-state index in [0.29, 0.717) is 0 Å². The molecule has 0 amide bonds. The quantitative estimate of drug-likeness (QED) is 0.436. The Hall–Kier alpha value is -1.00. The number of hydrogen-bond donors (Lipinski definition) is 1. The molecule has 0 aliphatic carbocycles. The summed E-state index contributed by atoms with van der Waals surface area (Å²) in [5, 5.41) is 10.5. The molecule has 0 spiro atoms. The van der Waals surface area contributed by atoms with Gasteiger partial charge in [0.2, 0.25) is 0 Å². The standard InChI is InChI=1S/C6H4Cl2N2O2/c7-3-1-4(9)6(8)5(2-3)10(11)12/h1-2H,9H2. The summed E-state index contributed by atoms with van der Waals surface area (Å²) in [4.78, 5) is 9.70. The first-order valence-electron chi connectivity index (χ1n) is 2.91. The fraction of sp³-hybridized carbons (Fsp3) is 0. The lowest BCUT2D eigenvalue weighted by Crippen LogP contribution is -1.93. The Balaban J connectivity index is 3.37. The van der Waals surface area contributed by atoms with Gasteiger partial charge in [-0.15, -0.1) is 0 Å². The molecular weight excluding hydrogens is 203 g/mol. The summed E-state index contributed by atoms with van der Waals surface area (Å²) in [5.74, 6) is 0. The summed E-state index contributed by atoms with van der Waals surface area (Å²) in [5.41, 5.74) is 5.17. The maximum Gasteiger partial charge on any atom is 0.291 e. The highest BCUT2D eigenvalue weighted by molar-refractivity contribution is 6.37. The second-order valence-corrected chi connectivity index (χ2v) is 2.90. The number of rotatable bonds is 1. The van der Waals surface area contributed by atoms with E-state index in [2.05, 4.69) is 0 Å². The van der Waals surface area contributed by atoms with E-state index in [1.807, 2.05) is 0 Å². The van der Waals surface area contributed by atoms with Crippen LogP contribution in [0.15, 0.2) is 12.1 Å². The molecule has 0 aliphatic rings. The van der Waals surface area contributed by atoms with Crippen molar-refractivity contribution in [2.75, 3.05) is 5.73 Å². The molecule has 2 N–H and O–H groups in total. The van der Waals surface area contributed by atoms with Crippen molar-refractivity contribution in [2.24, 2.45) is 0 Å². The lowest BCUT2D eigenvalue weighted by molar-refractivity contribution is -0.384. The maximum absolute atomic E-state index is 10.3. The number of nitro benzene ring substituents is 1. The highest BCUT2D eigenvalue weighted by Gasteiger charge is 2.15. The van der Waals surface area contributed by atoms with Crippen molar-refractivity contribution >= 4 is 34.6 Å². The van der Waals surface area contributed by atoms with Crippen molar-refractivity contribution in [3.63, 3.8) is 0 Å². The first kappa shape index (κ1) is 9.09. The predicted octanol–water partition coefficient (Wildman–Crippen LogP) is 2.48. The summed E-state index contributed by atoms with van der Waals surface area (Å²) in [6.45, 7) is 0. The van der Waals surface area contributed by atoms with Crippen LogP contribution in [0.5, 0.6) is 0 Å². The van der Waals surface area contributed by atoms with Gasteiger partial charge in [-0.3, -0.25) is 10.1 Å². The minimum absolute atomic E-state index is 0.0793. The number of nitro groups is 1. The number of nitrogens with two attached hydrogens (primary N) is 1. The van der Waals surface area contributed by atoms with Gasteiger partial charge in [-0.25, -0.2) is 0 Å². The van der Waals surface area contributed by atoms with Crippen molar-refractivity contribution in [3.8, 4) is 0 Å². The van der Waals surface area contributed by atoms with E-state index in [-0.39, 0.29) is 21.4 Å². The van der Waals surface area contributed by atoms with Crippen molar-refractivity contribution in [3.05, 3.63) is 32.3 Å². The Morgan fingerprint density at radius 1 is 1.42 bits per heavy atom. The van der Waals surface area contributed by atoms with E-state index < -0.39 is 4.92 Å². The highest BCUT2D eigenvalue weighted by atomic mass is 35.5. The molecule has 0 saturated heterocycles. The first-order valence-corrected chi connectivity index (χ1v) is 3.67. The molecule has 0 heterocycles. The molecule has 0 aromatic heterocycles. The lowest BCUT2D eigenvalue weighted by atomic mass is 10.3. The van der Waals surface area contributed by atoms with E-state index in [9.17, 15) is 10.1 Å². The van der Waals surface area contributed by atoms with Gasteiger partial charge in [0.15, 0.2) is 0 Å². The molecule has 6 heteroatoms. The first-order chi connectivity index (χ1) is 5.52. The molecule has 4 nitrogen and oxygen atoms in total. The molecular formula is C6H4Cl2N2O2. The maximum atomic E-state index is 10.3. The minimum atomic E-state index is -0.634. The summed E-state index contributed by atoms with van der Waals surface area (Å²) in [6.07, 6.45) is 0. The third-order valence-electron chi connectivity index (χ3n) is 1.24. The van der Waals surface area contributed by atoms with E-state index >= 15 is 0 Å². The zero-order valence-corrected chi connectivity index (χ0v) is 7.26. The predicted molar refractivity (Wildman–Crippen MR) is 47.5 cm³/mol. The van der Waals surface area contributed by atoms with Crippen LogP contribution in [-0.4, -0.2) is 4.92 Å². The van der Waals surface area contributed by atoms with Crippen molar-refractivity contribution in [2.45, 2.75) is 0 Å². The normalized spacial score (nSPS) is 9.83. The SMILES string of the molecule is Nc1cc(Cl)cc([N+](=O)[O-])c1Cl. The van der Waals surface area contributed by atoms with Crippen LogP contribution in [0.25, 0.3) is 0 Å². The van der Waals surface area contributed by atoms with Crippen LogP contribution in [-0.2, 0) is 0 Å². The van der Waals surface area contributed by atoms with E-state index in [4.69, 9.17) is 28.9 Å². The Bertz CT molecular complexity index is 341. The second kappa shape index (κ2) is 3.16. The summed E-state index contributed by atoms with van der Waals surface area (Å²) < 4.78 is 0. The Kier molecular flexibility index (Phi) is 2.40. The Labute approximate surface area is 78.0 Å². The number of nitrogens with zero attached hydrogens (tertiary/aromatic N) is 1. The molecule has 12 heavy (non-hydrogen) atoms. The molecule has 1 rings (SSSR count). The molecule has 0 bridgehead atoms. The van der Waals surface area contributed by atoms with Crippen molar-refractivity contribution < 1.29 is 4.92 Å². The van der Waals surface area contributed by atoms with Gasteiger partial charge in [0.05, 0.1) is 10.6 Å². The molecule has 0 atom stereocenters. The third kappa shape index (κ3) is 1.60. The van der Waals surface area contributed by atoms with Crippen LogP contribution in [0.1, 0.15) is 0 Å². The molecule has 0 radical (unpaired) electrons. The molecule has 1 aromatic carbocycles. The van der Waals surface area contributed by atoms with Crippen molar-refractivity contribution in [1.29, 1.82) is 0 Å². The van der Waals surface area contributed by atoms with Crippen molar-refractivity contribution in [1.82, 2.24) is 0 Å². The second-order valence-electron chi connectivity index (χ2n) is 2.09. The van der Waals surface area contributed by atoms with Crippen LogP contribution in [0, 0.1) is 10.1 Å². The van der Waals surface area contributed by atoms with Gasteiger partial charge >= 0.3 is 0 Å². The zero-order valence-electron chi connectivity index (χ0n) is 5.75. The summed E-state index contributed by atoms with van der Waals surface area (Å²) >= 11 is 11.1. The van der Waals surface area contributed by atoms with Gasteiger partial charge in [-0.05, 0) is 6.07 Å². The van der Waals surface area contributed by atoms with Gasteiger partial charge in [0, 0.05) is 11.1 Å². The average molecular weight is 207 g/mol. The van der Waals surface area contributed by atoms with E-state index in [0.717, 1.165) is 6.07 Å². The van der Waals surface area contributed by atoms with Crippen LogP contribution in [0.3, 0.4) is 0 Å². The largest absolute Gasteiger partial charge is 0.397 e. The number of hydrogen-bond acceptors (Lipinski definition) is 3. The Morgan fingerprint density at radius 2 is 2.00 bits per heavy atom. The molecule has 0 fully saturated rings. The fourth-order valence-electron chi connectivity index (χ4n) is 0.728. The number of benzene rings is 1. The molecule has 0 unspecified atom stereocenters. The van der Waals surface area contributed by atoms with E-state index in [1.165, 1.54) is 6.07 Å². The molecule has 1 aromatic rings. The molecule has 64 valence electrons. The summed E-state index contributed by atoms with van der Waals surface area (Å²) in [7, 11) is 0. The van der Waals surface area contributed by atoms with Gasteiger partial charge < -0.3 is 5.73 Å². The lowest BCUT2D eigenvalue weighted by Gasteiger charge is -1.99. The van der Waals surface area contributed by atoms with Crippen LogP contribution in [0.4, 0.5) is 11.4 Å². The average Bonchev–Trinajstić information content (AvgIpc) is 1.96. The molecule has 0 aliphatic heterocycles. The fourth-order valence-corrected chi connectivity index (χ4v) is 1.13. The number of nitrogen functional groups attached to an aromatic ring is 1. The Morgan fingerprint density at radius 3 is 2.50 bits per heavy atom. The van der Waals surface area contributed by atoms with Crippen LogP contribution in [0.2, 0.25) is 10.0 Å². The topological polar surface area (TPSA) is 69.2 Å². The monoisotopic (exact) mass is 206 g/mol. The van der Waals surface area contributed by atoms with E-state index in [1.54, 1.807) is 0 Å². The van der Waals surface area contributed by atoms with Crippen LogP contribution < -0.4 is 5.73 Å². The smallest absolute Gasteiger partial charge is 0.291 e. The number of halogens is 2. The van der Waals surface area contributed by atoms with Gasteiger partial charge in [0.1, 0.15) is 5.02 Å². The highest BCUT2D eigenvalue weighted by Crippen LogP contribution is 2.32. The zero-order chi connectivity index (χ0) is 9.30. The molecule has 0 saturated carbocycles. The van der Waals surface area contributed by atoms with Crippen LogP contribution >= 0.6 is 23.2 Å². The number of anilines is 1. The van der Waals surface area contributed by atoms with Gasteiger partial charge in [0.25, 0.3) is 5.69 Å². The van der Waals surface area contributed by atoms with Gasteiger partial charge in [-0.2, -0.15) is 0 Å². The third-order valence-corrected chi connectivity index (χ3v) is 1.87. The van der Waals surface area contributed by atoms with Gasteiger partial charge in [-0.1, -0.05) is 23.2 Å². The minimum Gasteiger partial charge on any atom is -0.397 e. The summed E-state index contributed by atoms with van der Waals surface area (Å²) in [6, 6.07) is 2.51.